The van der Waals surface area contributed by atoms with Crippen LogP contribution in [0.15, 0.2) is 24.3 Å². The maximum atomic E-state index is 14.0. The number of carbonyl (C=O) groups is 3. The van der Waals surface area contributed by atoms with Crippen molar-refractivity contribution >= 4 is 17.7 Å². The van der Waals surface area contributed by atoms with Crippen molar-refractivity contribution in [2.24, 2.45) is 23.7 Å². The molecule has 7 heteroatoms. The highest BCUT2D eigenvalue weighted by atomic mass is 19.1. The van der Waals surface area contributed by atoms with E-state index < -0.39 is 53.3 Å². The summed E-state index contributed by atoms with van der Waals surface area (Å²) >= 11 is 0. The Morgan fingerprint density at radius 2 is 1.70 bits per heavy atom. The first-order valence-corrected chi connectivity index (χ1v) is 10.3. The van der Waals surface area contributed by atoms with E-state index in [0.717, 1.165) is 0 Å². The number of carbonyl (C=O) groups excluding carboxylic acids is 3. The van der Waals surface area contributed by atoms with Crippen LogP contribution in [0, 0.1) is 29.5 Å². The van der Waals surface area contributed by atoms with Crippen LogP contribution in [0.2, 0.25) is 0 Å². The average Bonchev–Trinajstić information content (AvgIpc) is 2.62. The number of benzene rings is 1. The Hall–Kier alpha value is -2.28. The van der Waals surface area contributed by atoms with Crippen LogP contribution in [0.1, 0.15) is 52.5 Å². The number of ether oxygens (including phenoxy) is 2. The molecule has 0 aromatic heterocycles. The lowest BCUT2D eigenvalue weighted by Crippen LogP contribution is -2.55. The van der Waals surface area contributed by atoms with Gasteiger partial charge in [0.05, 0.1) is 24.7 Å². The highest BCUT2D eigenvalue weighted by Crippen LogP contribution is 2.46. The van der Waals surface area contributed by atoms with Gasteiger partial charge in [0.1, 0.15) is 11.7 Å². The predicted molar refractivity (Wildman–Crippen MR) is 108 cm³/mol. The third-order valence-electron chi connectivity index (χ3n) is 5.13. The quantitative estimate of drug-likeness (QED) is 0.536. The Balaban J connectivity index is 2.53. The fraction of sp³-hybridized carbons (Fsp3) is 0.609. The van der Waals surface area contributed by atoms with Gasteiger partial charge in [0.2, 0.25) is 0 Å². The lowest BCUT2D eigenvalue weighted by molar-refractivity contribution is -0.174. The summed E-state index contributed by atoms with van der Waals surface area (Å²) in [7, 11) is 0. The van der Waals surface area contributed by atoms with Crippen molar-refractivity contribution < 1.29 is 33.4 Å². The van der Waals surface area contributed by atoms with Crippen molar-refractivity contribution in [1.29, 1.82) is 0 Å². The van der Waals surface area contributed by atoms with Crippen molar-refractivity contribution in [2.45, 2.75) is 52.6 Å². The molecule has 0 unspecified atom stereocenters. The van der Waals surface area contributed by atoms with Gasteiger partial charge >= 0.3 is 11.9 Å². The molecule has 6 nitrogen and oxygen atoms in total. The van der Waals surface area contributed by atoms with E-state index in [9.17, 15) is 23.9 Å². The van der Waals surface area contributed by atoms with E-state index in [0.29, 0.717) is 0 Å². The molecule has 1 aliphatic rings. The summed E-state index contributed by atoms with van der Waals surface area (Å²) in [6.45, 7) is 9.05. The second-order valence-corrected chi connectivity index (χ2v) is 9.08. The van der Waals surface area contributed by atoms with Crippen LogP contribution in [0.3, 0.4) is 0 Å². The van der Waals surface area contributed by atoms with Gasteiger partial charge in [0.25, 0.3) is 0 Å². The minimum Gasteiger partial charge on any atom is -0.465 e. The van der Waals surface area contributed by atoms with E-state index >= 15 is 0 Å². The summed E-state index contributed by atoms with van der Waals surface area (Å²) in [6, 6.07) is 5.37. The lowest BCUT2D eigenvalue weighted by Gasteiger charge is -2.43. The minimum atomic E-state index is -1.75. The van der Waals surface area contributed by atoms with Crippen molar-refractivity contribution in [2.75, 3.05) is 13.2 Å². The fourth-order valence-corrected chi connectivity index (χ4v) is 3.81. The highest BCUT2D eigenvalue weighted by Gasteiger charge is 2.57. The molecule has 0 bridgehead atoms. The standard InChI is InChI=1S/C23H31FO6/c1-13(2)11-29-21(26)19-17(25)10-23(5,28)20(22(27)30-12-14(3)4)18(19)15-7-6-8-16(24)9-15/h6-9,13-14,18-20,28H,10-12H2,1-5H3/t18-,19+,20+,23+/m1/s1. The van der Waals surface area contributed by atoms with Crippen LogP contribution in [-0.2, 0) is 23.9 Å². The summed E-state index contributed by atoms with van der Waals surface area (Å²) in [5, 5.41) is 11.0. The Morgan fingerprint density at radius 1 is 1.13 bits per heavy atom. The Kier molecular flexibility index (Phi) is 7.75. The van der Waals surface area contributed by atoms with Crippen LogP contribution in [0.25, 0.3) is 0 Å². The molecule has 0 heterocycles. The number of aliphatic hydroxyl groups is 1. The molecule has 0 saturated heterocycles. The lowest BCUT2D eigenvalue weighted by atomic mass is 9.61. The first-order valence-electron chi connectivity index (χ1n) is 10.3. The van der Waals surface area contributed by atoms with Gasteiger partial charge in [-0.15, -0.1) is 0 Å². The van der Waals surface area contributed by atoms with Crippen LogP contribution in [0.4, 0.5) is 4.39 Å². The van der Waals surface area contributed by atoms with Crippen LogP contribution >= 0.6 is 0 Å². The number of Topliss-reactive ketones (excluding diaryl/α,β-unsaturated/α-hetero) is 1. The molecule has 1 aliphatic carbocycles. The first kappa shape index (κ1) is 24.0. The van der Waals surface area contributed by atoms with Gasteiger partial charge in [0, 0.05) is 12.3 Å². The second-order valence-electron chi connectivity index (χ2n) is 9.08. The van der Waals surface area contributed by atoms with Gasteiger partial charge < -0.3 is 14.6 Å². The van der Waals surface area contributed by atoms with E-state index in [-0.39, 0.29) is 30.6 Å². The number of esters is 2. The molecular formula is C23H31FO6. The van der Waals surface area contributed by atoms with Gasteiger partial charge in [-0.3, -0.25) is 14.4 Å². The van der Waals surface area contributed by atoms with Gasteiger partial charge in [-0.1, -0.05) is 39.8 Å². The van der Waals surface area contributed by atoms with Gasteiger partial charge in [-0.05, 0) is 36.5 Å². The molecule has 0 amide bonds. The van der Waals surface area contributed by atoms with E-state index in [4.69, 9.17) is 9.47 Å². The molecule has 1 fully saturated rings. The van der Waals surface area contributed by atoms with Crippen molar-refractivity contribution in [3.05, 3.63) is 35.6 Å². The summed E-state index contributed by atoms with van der Waals surface area (Å²) in [5.74, 6) is -6.17. The van der Waals surface area contributed by atoms with Crippen molar-refractivity contribution in [3.63, 3.8) is 0 Å². The molecule has 2 rings (SSSR count). The van der Waals surface area contributed by atoms with Gasteiger partial charge in [0.15, 0.2) is 5.78 Å². The van der Waals surface area contributed by atoms with E-state index in [1.807, 2.05) is 27.7 Å². The average molecular weight is 422 g/mol. The van der Waals surface area contributed by atoms with E-state index in [1.54, 1.807) is 0 Å². The predicted octanol–water partition coefficient (Wildman–Crippen LogP) is 3.26. The van der Waals surface area contributed by atoms with Crippen LogP contribution < -0.4 is 0 Å². The number of hydrogen-bond acceptors (Lipinski definition) is 6. The Labute approximate surface area is 176 Å². The maximum absolute atomic E-state index is 14.0. The normalized spacial score (nSPS) is 26.7. The Bertz CT molecular complexity index is 786. The first-order chi connectivity index (χ1) is 13.9. The summed E-state index contributed by atoms with van der Waals surface area (Å²) < 4.78 is 24.7. The fourth-order valence-electron chi connectivity index (χ4n) is 3.81. The van der Waals surface area contributed by atoms with E-state index in [2.05, 4.69) is 0 Å². The minimum absolute atomic E-state index is 0.0511. The monoisotopic (exact) mass is 422 g/mol. The molecule has 0 radical (unpaired) electrons. The summed E-state index contributed by atoms with van der Waals surface area (Å²) in [6.07, 6.45) is -0.401. The molecule has 1 N–H and O–H groups in total. The molecule has 0 spiro atoms. The van der Waals surface area contributed by atoms with Gasteiger partial charge in [-0.2, -0.15) is 0 Å². The number of halogens is 1. The van der Waals surface area contributed by atoms with Crippen LogP contribution in [-0.4, -0.2) is 41.6 Å². The molecule has 166 valence electrons. The SMILES string of the molecule is CC(C)COC(=O)[C@H]1C(=O)C[C@](C)(O)[C@H](C(=O)OCC(C)C)[C@@H]1c1cccc(F)c1. The zero-order valence-corrected chi connectivity index (χ0v) is 18.2. The second kappa shape index (κ2) is 9.69. The molecule has 4 atom stereocenters. The highest BCUT2D eigenvalue weighted by molar-refractivity contribution is 6.02. The zero-order chi connectivity index (χ0) is 22.6. The molecular weight excluding hydrogens is 391 g/mol. The number of rotatable bonds is 7. The van der Waals surface area contributed by atoms with Crippen molar-refractivity contribution in [3.8, 4) is 0 Å². The Morgan fingerprint density at radius 3 is 2.23 bits per heavy atom. The molecule has 30 heavy (non-hydrogen) atoms. The summed E-state index contributed by atoms with van der Waals surface area (Å²) in [5.41, 5.74) is -1.49. The molecule has 1 saturated carbocycles. The largest absolute Gasteiger partial charge is 0.465 e. The zero-order valence-electron chi connectivity index (χ0n) is 18.2. The van der Waals surface area contributed by atoms with Crippen molar-refractivity contribution in [1.82, 2.24) is 0 Å². The maximum Gasteiger partial charge on any atom is 0.317 e. The molecule has 0 aliphatic heterocycles. The number of ketones is 1. The third kappa shape index (κ3) is 5.65. The molecule has 1 aromatic rings. The number of hydrogen-bond donors (Lipinski definition) is 1. The third-order valence-corrected chi connectivity index (χ3v) is 5.13. The van der Waals surface area contributed by atoms with Crippen LogP contribution in [0.5, 0.6) is 0 Å². The smallest absolute Gasteiger partial charge is 0.317 e. The van der Waals surface area contributed by atoms with Gasteiger partial charge in [-0.25, -0.2) is 4.39 Å². The van der Waals surface area contributed by atoms with E-state index in [1.165, 1.54) is 31.2 Å². The molecule has 1 aromatic carbocycles. The summed E-state index contributed by atoms with van der Waals surface area (Å²) in [4.78, 5) is 38.7. The topological polar surface area (TPSA) is 89.9 Å².